The van der Waals surface area contributed by atoms with Gasteiger partial charge in [-0.1, -0.05) is 38.5 Å². The third-order valence-corrected chi connectivity index (χ3v) is 6.64. The van der Waals surface area contributed by atoms with E-state index in [0.717, 1.165) is 35.9 Å². The van der Waals surface area contributed by atoms with E-state index in [4.69, 9.17) is 14.6 Å². The molecule has 0 radical (unpaired) electrons. The molecule has 2 aromatic carbocycles. The van der Waals surface area contributed by atoms with E-state index in [0.29, 0.717) is 36.2 Å². The van der Waals surface area contributed by atoms with E-state index in [2.05, 4.69) is 46.3 Å². The standard InChI is InChI=1S/C30H34FN7O3/c1-20-5-8-23(9-6-20)38-27(16-25(36-38)30(2,3)4)35-29(39)32-18-21-15-22(31)7-10-24(21)41-28-17-26(33-19-34-28)37-11-13-40-14-12-37/h5-10,15-17,19H,11-14,18H2,1-4H3,(H2,32,35,39). The van der Waals surface area contributed by atoms with Gasteiger partial charge in [-0.25, -0.2) is 23.8 Å². The zero-order valence-corrected chi connectivity index (χ0v) is 23.6. The molecule has 2 N–H and O–H groups in total. The van der Waals surface area contributed by atoms with Gasteiger partial charge in [0.25, 0.3) is 0 Å². The van der Waals surface area contributed by atoms with Crippen LogP contribution in [0.2, 0.25) is 0 Å². The van der Waals surface area contributed by atoms with Crippen molar-refractivity contribution in [2.45, 2.75) is 39.7 Å². The number of hydrogen-bond acceptors (Lipinski definition) is 7. The Balaban J connectivity index is 1.30. The van der Waals surface area contributed by atoms with E-state index in [1.54, 1.807) is 10.7 Å². The van der Waals surface area contributed by atoms with Crippen LogP contribution in [0.5, 0.6) is 11.6 Å². The zero-order valence-electron chi connectivity index (χ0n) is 23.6. The van der Waals surface area contributed by atoms with Gasteiger partial charge in [-0.3, -0.25) is 5.32 Å². The number of urea groups is 1. The van der Waals surface area contributed by atoms with Crippen molar-refractivity contribution in [3.05, 3.63) is 83.6 Å². The van der Waals surface area contributed by atoms with Gasteiger partial charge in [-0.15, -0.1) is 0 Å². The molecule has 0 saturated carbocycles. The predicted molar refractivity (Wildman–Crippen MR) is 154 cm³/mol. The van der Waals surface area contributed by atoms with E-state index < -0.39 is 11.8 Å². The van der Waals surface area contributed by atoms with Crippen LogP contribution in [0, 0.1) is 12.7 Å². The highest BCUT2D eigenvalue weighted by Crippen LogP contribution is 2.28. The normalized spacial score (nSPS) is 13.6. The number of anilines is 2. The molecule has 2 aromatic heterocycles. The van der Waals surface area contributed by atoms with Gasteiger partial charge in [0.2, 0.25) is 5.88 Å². The van der Waals surface area contributed by atoms with Gasteiger partial charge in [0.05, 0.1) is 24.6 Å². The summed E-state index contributed by atoms with van der Waals surface area (Å²) >= 11 is 0. The summed E-state index contributed by atoms with van der Waals surface area (Å²) in [7, 11) is 0. The van der Waals surface area contributed by atoms with Crippen molar-refractivity contribution in [2.75, 3.05) is 36.5 Å². The molecule has 1 fully saturated rings. The number of nitrogens with one attached hydrogen (secondary N) is 2. The third kappa shape index (κ3) is 6.98. The first-order valence-corrected chi connectivity index (χ1v) is 13.5. The summed E-state index contributed by atoms with van der Waals surface area (Å²) in [6.45, 7) is 10.9. The first-order chi connectivity index (χ1) is 19.7. The smallest absolute Gasteiger partial charge is 0.320 e. The summed E-state index contributed by atoms with van der Waals surface area (Å²) in [6.07, 6.45) is 1.43. The fourth-order valence-corrected chi connectivity index (χ4v) is 4.30. The largest absolute Gasteiger partial charge is 0.438 e. The van der Waals surface area contributed by atoms with Crippen molar-refractivity contribution in [3.63, 3.8) is 0 Å². The second kappa shape index (κ2) is 11.9. The van der Waals surface area contributed by atoms with Crippen molar-refractivity contribution >= 4 is 17.7 Å². The Bertz CT molecular complexity index is 1510. The molecule has 0 spiro atoms. The maximum absolute atomic E-state index is 14.2. The van der Waals surface area contributed by atoms with Gasteiger partial charge in [0, 0.05) is 42.7 Å². The Morgan fingerprint density at radius 1 is 1.05 bits per heavy atom. The van der Waals surface area contributed by atoms with Crippen LogP contribution in [-0.2, 0) is 16.7 Å². The minimum Gasteiger partial charge on any atom is -0.438 e. The number of rotatable bonds is 7. The monoisotopic (exact) mass is 559 g/mol. The van der Waals surface area contributed by atoms with Gasteiger partial charge in [0.15, 0.2) is 0 Å². The molecule has 214 valence electrons. The van der Waals surface area contributed by atoms with Crippen molar-refractivity contribution in [1.29, 1.82) is 0 Å². The van der Waals surface area contributed by atoms with Crippen LogP contribution in [0.15, 0.2) is 60.9 Å². The number of aryl methyl sites for hydroxylation is 1. The fourth-order valence-electron chi connectivity index (χ4n) is 4.30. The molecule has 0 aliphatic carbocycles. The highest BCUT2D eigenvalue weighted by molar-refractivity contribution is 5.88. The number of ether oxygens (including phenoxy) is 2. The summed E-state index contributed by atoms with van der Waals surface area (Å²) in [4.78, 5) is 23.7. The summed E-state index contributed by atoms with van der Waals surface area (Å²) in [5.74, 6) is 1.48. The zero-order chi connectivity index (χ0) is 29.0. The second-order valence-corrected chi connectivity index (χ2v) is 10.9. The number of carbonyl (C=O) groups excluding carboxylic acids is 1. The van der Waals surface area contributed by atoms with Crippen LogP contribution >= 0.6 is 0 Å². The van der Waals surface area contributed by atoms with Crippen molar-refractivity contribution in [1.82, 2.24) is 25.1 Å². The number of aromatic nitrogens is 4. The molecule has 0 atom stereocenters. The van der Waals surface area contributed by atoms with Crippen LogP contribution in [0.25, 0.3) is 5.69 Å². The van der Waals surface area contributed by atoms with Crippen LogP contribution in [0.1, 0.15) is 37.6 Å². The molecule has 5 rings (SSSR count). The van der Waals surface area contributed by atoms with E-state index >= 15 is 0 Å². The first-order valence-electron chi connectivity index (χ1n) is 13.5. The number of benzene rings is 2. The Kier molecular flexibility index (Phi) is 8.16. The highest BCUT2D eigenvalue weighted by atomic mass is 19.1. The Morgan fingerprint density at radius 3 is 2.54 bits per heavy atom. The van der Waals surface area contributed by atoms with Gasteiger partial charge >= 0.3 is 6.03 Å². The van der Waals surface area contributed by atoms with Gasteiger partial charge in [-0.2, -0.15) is 5.10 Å². The van der Waals surface area contributed by atoms with Crippen molar-refractivity contribution in [3.8, 4) is 17.3 Å². The molecule has 1 aliphatic heterocycles. The van der Waals surface area contributed by atoms with Gasteiger partial charge in [0.1, 0.15) is 29.5 Å². The number of hydrogen-bond donors (Lipinski definition) is 2. The number of halogens is 1. The average molecular weight is 560 g/mol. The molecule has 1 saturated heterocycles. The first kappa shape index (κ1) is 28.0. The number of morpholine rings is 1. The minimum atomic E-state index is -0.467. The van der Waals surface area contributed by atoms with Crippen LogP contribution in [0.3, 0.4) is 0 Å². The quantitative estimate of drug-likeness (QED) is 0.314. The summed E-state index contributed by atoms with van der Waals surface area (Å²) in [5.41, 5.74) is 3.00. The van der Waals surface area contributed by atoms with Crippen LogP contribution < -0.4 is 20.3 Å². The molecular weight excluding hydrogens is 525 g/mol. The SMILES string of the molecule is Cc1ccc(-n2nc(C(C)(C)C)cc2NC(=O)NCc2cc(F)ccc2Oc2cc(N3CCOCC3)ncn2)cc1. The number of amides is 2. The van der Waals surface area contributed by atoms with Gasteiger partial charge < -0.3 is 19.7 Å². The lowest BCUT2D eigenvalue weighted by Gasteiger charge is -2.27. The van der Waals surface area contributed by atoms with Gasteiger partial charge in [-0.05, 0) is 37.3 Å². The molecular formula is C30H34FN7O3. The topological polar surface area (TPSA) is 106 Å². The van der Waals surface area contributed by atoms with Crippen LogP contribution in [0.4, 0.5) is 20.8 Å². The van der Waals surface area contributed by atoms with E-state index in [1.165, 1.54) is 24.5 Å². The highest BCUT2D eigenvalue weighted by Gasteiger charge is 2.22. The summed E-state index contributed by atoms with van der Waals surface area (Å²) < 4.78 is 27.3. The Hall–Kier alpha value is -4.51. The average Bonchev–Trinajstić information content (AvgIpc) is 3.38. The van der Waals surface area contributed by atoms with E-state index in [1.807, 2.05) is 37.3 Å². The lowest BCUT2D eigenvalue weighted by Crippen LogP contribution is -2.36. The van der Waals surface area contributed by atoms with Crippen molar-refractivity contribution < 1.29 is 18.7 Å². The second-order valence-electron chi connectivity index (χ2n) is 10.9. The Labute approximate surface area is 238 Å². The molecule has 0 bridgehead atoms. The maximum atomic E-state index is 14.2. The summed E-state index contributed by atoms with van der Waals surface area (Å²) in [6, 6.07) is 15.2. The number of nitrogens with zero attached hydrogens (tertiary/aromatic N) is 5. The summed E-state index contributed by atoms with van der Waals surface area (Å²) in [5, 5.41) is 10.4. The molecule has 11 heteroatoms. The molecule has 2 amide bonds. The lowest BCUT2D eigenvalue weighted by molar-refractivity contribution is 0.122. The predicted octanol–water partition coefficient (Wildman–Crippen LogP) is 5.36. The van der Waals surface area contributed by atoms with E-state index in [-0.39, 0.29) is 12.0 Å². The van der Waals surface area contributed by atoms with Crippen LogP contribution in [-0.4, -0.2) is 52.1 Å². The Morgan fingerprint density at radius 2 is 1.80 bits per heavy atom. The molecule has 10 nitrogen and oxygen atoms in total. The van der Waals surface area contributed by atoms with Crippen molar-refractivity contribution in [2.24, 2.45) is 0 Å². The minimum absolute atomic E-state index is 0.0190. The molecule has 1 aliphatic rings. The molecule has 4 aromatic rings. The molecule has 0 unspecified atom stereocenters. The third-order valence-electron chi connectivity index (χ3n) is 6.64. The maximum Gasteiger partial charge on any atom is 0.320 e. The molecule has 41 heavy (non-hydrogen) atoms. The van der Waals surface area contributed by atoms with E-state index in [9.17, 15) is 9.18 Å². The molecule has 3 heterocycles. The number of carbonyl (C=O) groups is 1. The fraction of sp³-hybridized carbons (Fsp3) is 0.333. The lowest BCUT2D eigenvalue weighted by atomic mass is 9.92.